The zero-order valence-corrected chi connectivity index (χ0v) is 12.9. The first-order valence-electron chi connectivity index (χ1n) is 7.94. The van der Waals surface area contributed by atoms with Crippen LogP contribution in [-0.4, -0.2) is 30.1 Å². The van der Waals surface area contributed by atoms with E-state index in [9.17, 15) is 5.11 Å². The van der Waals surface area contributed by atoms with Crippen LogP contribution in [0, 0.1) is 0 Å². The van der Waals surface area contributed by atoms with Crippen LogP contribution in [0.25, 0.3) is 0 Å². The van der Waals surface area contributed by atoms with Gasteiger partial charge in [-0.2, -0.15) is 0 Å². The fourth-order valence-corrected chi connectivity index (χ4v) is 3.95. The molecule has 2 heterocycles. The maximum absolute atomic E-state index is 9.68. The van der Waals surface area contributed by atoms with Gasteiger partial charge in [-0.15, -0.1) is 0 Å². The molecule has 0 aromatic heterocycles. The van der Waals surface area contributed by atoms with E-state index in [0.29, 0.717) is 0 Å². The Morgan fingerprint density at radius 3 is 2.55 bits per heavy atom. The molecule has 2 aromatic carbocycles. The fourth-order valence-electron chi connectivity index (χ4n) is 3.95. The van der Waals surface area contributed by atoms with Gasteiger partial charge in [0.15, 0.2) is 0 Å². The number of hydrogen-bond donors (Lipinski definition) is 1. The van der Waals surface area contributed by atoms with Crippen LogP contribution in [0.1, 0.15) is 29.5 Å². The third kappa shape index (κ3) is 1.89. The van der Waals surface area contributed by atoms with Crippen molar-refractivity contribution in [2.45, 2.75) is 24.9 Å². The Balaban J connectivity index is 1.94. The van der Waals surface area contributed by atoms with Crippen LogP contribution in [-0.2, 0) is 12.0 Å². The highest BCUT2D eigenvalue weighted by Crippen LogP contribution is 2.53. The highest BCUT2D eigenvalue weighted by Gasteiger charge is 2.44. The molecular formula is C19H21NO2. The number of aliphatic hydroxyl groups is 1. The summed E-state index contributed by atoms with van der Waals surface area (Å²) in [5.41, 5.74) is 3.43. The molecule has 0 bridgehead atoms. The van der Waals surface area contributed by atoms with E-state index in [2.05, 4.69) is 30.1 Å². The Bertz CT molecular complexity index is 702. The summed E-state index contributed by atoms with van der Waals surface area (Å²) in [5, 5.41) is 9.68. The van der Waals surface area contributed by atoms with Crippen molar-refractivity contribution in [3.8, 4) is 11.5 Å². The molecule has 1 spiro atoms. The van der Waals surface area contributed by atoms with Crippen LogP contribution in [0.3, 0.4) is 0 Å². The molecule has 1 fully saturated rings. The number of benzene rings is 2. The second kappa shape index (κ2) is 5.11. The highest BCUT2D eigenvalue weighted by molar-refractivity contribution is 5.60. The fraction of sp³-hybridized carbons (Fsp3) is 0.368. The Morgan fingerprint density at radius 1 is 1.05 bits per heavy atom. The summed E-state index contributed by atoms with van der Waals surface area (Å²) in [6.45, 7) is 2.18. The average Bonchev–Trinajstić information content (AvgIpc) is 2.57. The zero-order chi connectivity index (χ0) is 15.2. The van der Waals surface area contributed by atoms with Gasteiger partial charge in [0.05, 0.1) is 6.61 Å². The number of aliphatic hydroxyl groups excluding tert-OH is 1. The normalized spacial score (nSPS) is 19.4. The molecule has 1 saturated heterocycles. The van der Waals surface area contributed by atoms with Gasteiger partial charge < -0.3 is 14.7 Å². The molecular weight excluding hydrogens is 274 g/mol. The summed E-state index contributed by atoms with van der Waals surface area (Å²) < 4.78 is 6.18. The van der Waals surface area contributed by atoms with Crippen molar-refractivity contribution in [3.63, 3.8) is 0 Å². The van der Waals surface area contributed by atoms with E-state index in [0.717, 1.165) is 43.0 Å². The largest absolute Gasteiger partial charge is 0.456 e. The third-order valence-electron chi connectivity index (χ3n) is 5.24. The summed E-state index contributed by atoms with van der Waals surface area (Å²) in [6, 6.07) is 14.5. The number of piperidine rings is 1. The predicted molar refractivity (Wildman–Crippen MR) is 86.4 cm³/mol. The Morgan fingerprint density at radius 2 is 1.77 bits per heavy atom. The molecule has 0 amide bonds. The first kappa shape index (κ1) is 13.8. The van der Waals surface area contributed by atoms with E-state index in [1.165, 1.54) is 11.1 Å². The molecule has 22 heavy (non-hydrogen) atoms. The molecule has 0 saturated carbocycles. The number of fused-ring (bicyclic) bond motifs is 4. The lowest BCUT2D eigenvalue weighted by Crippen LogP contribution is -2.43. The van der Waals surface area contributed by atoms with E-state index in [1.807, 2.05) is 24.3 Å². The maximum Gasteiger partial charge on any atom is 0.137 e. The topological polar surface area (TPSA) is 32.7 Å². The van der Waals surface area contributed by atoms with Crippen molar-refractivity contribution < 1.29 is 9.84 Å². The number of ether oxygens (including phenoxy) is 1. The predicted octanol–water partition coefficient (Wildman–Crippen LogP) is 3.30. The summed E-state index contributed by atoms with van der Waals surface area (Å²) in [5.74, 6) is 1.81. The molecule has 1 N–H and O–H groups in total. The average molecular weight is 295 g/mol. The summed E-state index contributed by atoms with van der Waals surface area (Å²) >= 11 is 0. The first-order valence-corrected chi connectivity index (χ1v) is 7.94. The molecule has 3 heteroatoms. The molecule has 4 rings (SSSR count). The Kier molecular flexibility index (Phi) is 3.21. The van der Waals surface area contributed by atoms with E-state index >= 15 is 0 Å². The first-order chi connectivity index (χ1) is 10.7. The second-order valence-corrected chi connectivity index (χ2v) is 6.44. The molecule has 114 valence electrons. The van der Waals surface area contributed by atoms with Gasteiger partial charge in [0.25, 0.3) is 0 Å². The quantitative estimate of drug-likeness (QED) is 0.876. The smallest absolute Gasteiger partial charge is 0.137 e. The molecule has 3 nitrogen and oxygen atoms in total. The van der Waals surface area contributed by atoms with E-state index < -0.39 is 0 Å². The van der Waals surface area contributed by atoms with Crippen molar-refractivity contribution in [3.05, 3.63) is 59.2 Å². The molecule has 0 unspecified atom stereocenters. The SMILES string of the molecule is CN1CCC2(CC1)c1ccccc1Oc1c(CO)cccc12. The van der Waals surface area contributed by atoms with Crippen LogP contribution in [0.2, 0.25) is 0 Å². The van der Waals surface area contributed by atoms with E-state index in [-0.39, 0.29) is 12.0 Å². The number of nitrogens with zero attached hydrogens (tertiary/aromatic N) is 1. The van der Waals surface area contributed by atoms with Crippen LogP contribution in [0.5, 0.6) is 11.5 Å². The minimum absolute atomic E-state index is 0.0152. The van der Waals surface area contributed by atoms with Crippen LogP contribution in [0.15, 0.2) is 42.5 Å². The van der Waals surface area contributed by atoms with E-state index in [4.69, 9.17) is 4.74 Å². The van der Waals surface area contributed by atoms with Crippen molar-refractivity contribution in [2.24, 2.45) is 0 Å². The van der Waals surface area contributed by atoms with Crippen molar-refractivity contribution in [2.75, 3.05) is 20.1 Å². The lowest BCUT2D eigenvalue weighted by atomic mass is 9.66. The monoisotopic (exact) mass is 295 g/mol. The number of hydrogen-bond acceptors (Lipinski definition) is 3. The van der Waals surface area contributed by atoms with Gasteiger partial charge in [-0.25, -0.2) is 0 Å². The number of rotatable bonds is 1. The molecule has 2 aliphatic rings. The molecule has 0 atom stereocenters. The molecule has 0 aliphatic carbocycles. The van der Waals surface area contributed by atoms with Gasteiger partial charge in [-0.1, -0.05) is 36.4 Å². The number of likely N-dealkylation sites (tertiary alicyclic amines) is 1. The van der Waals surface area contributed by atoms with Crippen LogP contribution in [0.4, 0.5) is 0 Å². The van der Waals surface area contributed by atoms with Gasteiger partial charge in [-0.05, 0) is 39.0 Å². The lowest BCUT2D eigenvalue weighted by Gasteiger charge is -2.45. The lowest BCUT2D eigenvalue weighted by molar-refractivity contribution is 0.200. The molecule has 2 aromatic rings. The van der Waals surface area contributed by atoms with Crippen LogP contribution >= 0.6 is 0 Å². The van der Waals surface area contributed by atoms with Crippen molar-refractivity contribution >= 4 is 0 Å². The van der Waals surface area contributed by atoms with Gasteiger partial charge in [0.2, 0.25) is 0 Å². The summed E-state index contributed by atoms with van der Waals surface area (Å²) in [6.07, 6.45) is 2.18. The van der Waals surface area contributed by atoms with Gasteiger partial charge in [0, 0.05) is 22.1 Å². The van der Waals surface area contributed by atoms with Gasteiger partial charge in [0.1, 0.15) is 11.5 Å². The summed E-state index contributed by atoms with van der Waals surface area (Å²) in [7, 11) is 2.18. The van der Waals surface area contributed by atoms with Crippen molar-refractivity contribution in [1.82, 2.24) is 4.90 Å². The highest BCUT2D eigenvalue weighted by atomic mass is 16.5. The van der Waals surface area contributed by atoms with Crippen molar-refractivity contribution in [1.29, 1.82) is 0 Å². The standard InChI is InChI=1S/C19H21NO2/c1-20-11-9-19(10-12-20)15-6-2-3-8-17(15)22-18-14(13-21)5-4-7-16(18)19/h2-8,21H,9-13H2,1H3. The second-order valence-electron chi connectivity index (χ2n) is 6.44. The third-order valence-corrected chi connectivity index (χ3v) is 5.24. The molecule has 2 aliphatic heterocycles. The van der Waals surface area contributed by atoms with Gasteiger partial charge in [-0.3, -0.25) is 0 Å². The Labute approximate surface area is 131 Å². The number of para-hydroxylation sites is 2. The summed E-state index contributed by atoms with van der Waals surface area (Å²) in [4.78, 5) is 2.39. The van der Waals surface area contributed by atoms with E-state index in [1.54, 1.807) is 0 Å². The minimum atomic E-state index is 0.0152. The zero-order valence-electron chi connectivity index (χ0n) is 12.9. The van der Waals surface area contributed by atoms with Gasteiger partial charge >= 0.3 is 0 Å². The maximum atomic E-state index is 9.68. The molecule has 0 radical (unpaired) electrons. The minimum Gasteiger partial charge on any atom is -0.456 e. The van der Waals surface area contributed by atoms with Crippen LogP contribution < -0.4 is 4.74 Å². The Hall–Kier alpha value is -1.84.